The molecule has 9 heteroatoms. The van der Waals surface area contributed by atoms with E-state index in [4.69, 9.17) is 4.74 Å². The normalized spacial score (nSPS) is 14.8. The Balaban J connectivity index is 1.69. The summed E-state index contributed by atoms with van der Waals surface area (Å²) < 4.78 is 6.64. The second kappa shape index (κ2) is 6.73. The minimum absolute atomic E-state index is 0.207. The summed E-state index contributed by atoms with van der Waals surface area (Å²) in [4.78, 5) is 31.0. The van der Waals surface area contributed by atoms with Crippen molar-refractivity contribution < 1.29 is 14.3 Å². The lowest BCUT2D eigenvalue weighted by Crippen LogP contribution is -2.49. The topological polar surface area (TPSA) is 92.1 Å². The van der Waals surface area contributed by atoms with Gasteiger partial charge in [-0.1, -0.05) is 0 Å². The first-order chi connectivity index (χ1) is 11.6. The molecule has 0 aromatic carbocycles. The molecule has 2 aromatic rings. The molecule has 1 aliphatic heterocycles. The third-order valence-electron chi connectivity index (χ3n) is 3.78. The van der Waals surface area contributed by atoms with Crippen LogP contribution in [0.3, 0.4) is 0 Å². The Hall–Kier alpha value is -2.84. The first-order valence-corrected chi connectivity index (χ1v) is 7.87. The average molecular weight is 332 g/mol. The van der Waals surface area contributed by atoms with Crippen molar-refractivity contribution in [2.75, 3.05) is 43.0 Å². The molecule has 0 saturated carbocycles. The smallest absolute Gasteiger partial charge is 0.409 e. The minimum Gasteiger partial charge on any atom is -0.450 e. The molecule has 0 spiro atoms. The molecule has 0 radical (unpaired) electrons. The van der Waals surface area contributed by atoms with E-state index in [-0.39, 0.29) is 17.9 Å². The number of hydrogen-bond donors (Lipinski definition) is 1. The van der Waals surface area contributed by atoms with Crippen molar-refractivity contribution in [3.63, 3.8) is 0 Å². The van der Waals surface area contributed by atoms with E-state index in [1.54, 1.807) is 22.5 Å². The first-order valence-electron chi connectivity index (χ1n) is 7.87. The number of fused-ring (bicyclic) bond motifs is 1. The van der Waals surface area contributed by atoms with Crippen molar-refractivity contribution in [2.24, 2.45) is 0 Å². The van der Waals surface area contributed by atoms with Crippen molar-refractivity contribution in [2.45, 2.75) is 13.8 Å². The number of nitrogens with one attached hydrogen (secondary N) is 1. The summed E-state index contributed by atoms with van der Waals surface area (Å²) in [5, 5.41) is 6.75. The molecule has 1 N–H and O–H groups in total. The molecule has 3 rings (SSSR count). The van der Waals surface area contributed by atoms with Crippen LogP contribution in [-0.4, -0.2) is 64.3 Å². The second-order valence-corrected chi connectivity index (χ2v) is 5.48. The first kappa shape index (κ1) is 16.0. The molecule has 24 heavy (non-hydrogen) atoms. The zero-order chi connectivity index (χ0) is 17.1. The average Bonchev–Trinajstić information content (AvgIpc) is 2.95. The highest BCUT2D eigenvalue weighted by Crippen LogP contribution is 2.19. The number of pyridine rings is 1. The molecule has 1 saturated heterocycles. The van der Waals surface area contributed by atoms with E-state index >= 15 is 0 Å². The molecule has 9 nitrogen and oxygen atoms in total. The molecule has 0 aliphatic carbocycles. The van der Waals surface area contributed by atoms with Crippen LogP contribution in [0.5, 0.6) is 0 Å². The van der Waals surface area contributed by atoms with Crippen LogP contribution in [0.4, 0.5) is 16.4 Å². The summed E-state index contributed by atoms with van der Waals surface area (Å²) in [6, 6.07) is 3.86. The molecule has 0 bridgehead atoms. The molecular formula is C15H20N6O3. The number of carbonyl (C=O) groups excluding carboxylic acids is 2. The monoisotopic (exact) mass is 332 g/mol. The second-order valence-electron chi connectivity index (χ2n) is 5.48. The Morgan fingerprint density at radius 1 is 1.29 bits per heavy atom. The molecule has 3 heterocycles. The van der Waals surface area contributed by atoms with Gasteiger partial charge < -0.3 is 14.5 Å². The van der Waals surface area contributed by atoms with Crippen LogP contribution in [0, 0.1) is 0 Å². The summed E-state index contributed by atoms with van der Waals surface area (Å²) in [7, 11) is 0. The van der Waals surface area contributed by atoms with Gasteiger partial charge in [0.2, 0.25) is 11.9 Å². The summed E-state index contributed by atoms with van der Waals surface area (Å²) in [5.41, 5.74) is 1.66. The number of hydrogen-bond acceptors (Lipinski definition) is 6. The Morgan fingerprint density at radius 3 is 2.71 bits per heavy atom. The highest BCUT2D eigenvalue weighted by Gasteiger charge is 2.22. The standard InChI is InChI=1S/C15H20N6O3/c1-3-24-15(23)20-8-6-19(7-9-20)12-4-5-21-13(10-12)17-14(18-21)16-11(2)22/h4-5,10H,3,6-9H2,1-2H3,(H,16,18,22). The van der Waals surface area contributed by atoms with Crippen LogP contribution in [-0.2, 0) is 9.53 Å². The number of piperazine rings is 1. The van der Waals surface area contributed by atoms with E-state index in [2.05, 4.69) is 20.3 Å². The van der Waals surface area contributed by atoms with Gasteiger partial charge in [0.05, 0.1) is 6.61 Å². The fourth-order valence-corrected chi connectivity index (χ4v) is 2.64. The molecule has 2 amide bonds. The Kier molecular flexibility index (Phi) is 4.50. The van der Waals surface area contributed by atoms with Crippen LogP contribution in [0.2, 0.25) is 0 Å². The predicted octanol–water partition coefficient (Wildman–Crippen LogP) is 0.966. The number of nitrogens with zero attached hydrogens (tertiary/aromatic N) is 5. The SMILES string of the molecule is CCOC(=O)N1CCN(c2ccn3nc(NC(C)=O)nc3c2)CC1. The molecular weight excluding hydrogens is 312 g/mol. The maximum atomic E-state index is 11.7. The van der Waals surface area contributed by atoms with Crippen LogP contribution in [0.1, 0.15) is 13.8 Å². The quantitative estimate of drug-likeness (QED) is 0.900. The Bertz CT molecular complexity index is 751. The lowest BCUT2D eigenvalue weighted by atomic mass is 10.2. The predicted molar refractivity (Wildman–Crippen MR) is 88.1 cm³/mol. The summed E-state index contributed by atoms with van der Waals surface area (Å²) in [6.45, 7) is 6.29. The van der Waals surface area contributed by atoms with Crippen molar-refractivity contribution in [3.8, 4) is 0 Å². The van der Waals surface area contributed by atoms with E-state index in [0.29, 0.717) is 25.3 Å². The minimum atomic E-state index is -0.259. The zero-order valence-corrected chi connectivity index (χ0v) is 13.7. The molecule has 0 atom stereocenters. The van der Waals surface area contributed by atoms with E-state index in [0.717, 1.165) is 18.8 Å². The Morgan fingerprint density at radius 2 is 2.04 bits per heavy atom. The van der Waals surface area contributed by atoms with Crippen LogP contribution < -0.4 is 10.2 Å². The zero-order valence-electron chi connectivity index (χ0n) is 13.7. The van der Waals surface area contributed by atoms with Gasteiger partial charge in [-0.3, -0.25) is 10.1 Å². The maximum Gasteiger partial charge on any atom is 0.409 e. The van der Waals surface area contributed by atoms with E-state index in [9.17, 15) is 9.59 Å². The summed E-state index contributed by atoms with van der Waals surface area (Å²) in [6.07, 6.45) is 1.55. The van der Waals surface area contributed by atoms with Crippen molar-refractivity contribution in [1.82, 2.24) is 19.5 Å². The van der Waals surface area contributed by atoms with E-state index in [1.807, 2.05) is 12.1 Å². The fourth-order valence-electron chi connectivity index (χ4n) is 2.64. The number of ether oxygens (including phenoxy) is 1. The fraction of sp³-hybridized carbons (Fsp3) is 0.467. The van der Waals surface area contributed by atoms with Crippen LogP contribution >= 0.6 is 0 Å². The van der Waals surface area contributed by atoms with Crippen LogP contribution in [0.25, 0.3) is 5.65 Å². The molecule has 1 aliphatic rings. The van der Waals surface area contributed by atoms with Crippen molar-refractivity contribution in [1.29, 1.82) is 0 Å². The highest BCUT2D eigenvalue weighted by atomic mass is 16.6. The van der Waals surface area contributed by atoms with Crippen LogP contribution in [0.15, 0.2) is 18.3 Å². The lowest BCUT2D eigenvalue weighted by molar-refractivity contribution is -0.114. The van der Waals surface area contributed by atoms with Gasteiger partial charge >= 0.3 is 6.09 Å². The van der Waals surface area contributed by atoms with E-state index in [1.165, 1.54) is 6.92 Å². The largest absolute Gasteiger partial charge is 0.450 e. The van der Waals surface area contributed by atoms with Gasteiger partial charge in [0, 0.05) is 51.1 Å². The number of rotatable bonds is 3. The maximum absolute atomic E-state index is 11.7. The van der Waals surface area contributed by atoms with Gasteiger partial charge in [0.15, 0.2) is 5.65 Å². The third kappa shape index (κ3) is 3.39. The number of anilines is 2. The summed E-state index contributed by atoms with van der Waals surface area (Å²) >= 11 is 0. The van der Waals surface area contributed by atoms with Gasteiger partial charge in [0.25, 0.3) is 0 Å². The van der Waals surface area contributed by atoms with Crippen molar-refractivity contribution in [3.05, 3.63) is 18.3 Å². The molecule has 0 unspecified atom stereocenters. The molecule has 128 valence electrons. The van der Waals surface area contributed by atoms with Crippen molar-refractivity contribution >= 4 is 29.3 Å². The number of amides is 2. The molecule has 1 fully saturated rings. The van der Waals surface area contributed by atoms with Gasteiger partial charge in [-0.05, 0) is 13.0 Å². The highest BCUT2D eigenvalue weighted by molar-refractivity contribution is 5.86. The van der Waals surface area contributed by atoms with Gasteiger partial charge in [-0.25, -0.2) is 9.31 Å². The third-order valence-corrected chi connectivity index (χ3v) is 3.78. The number of aromatic nitrogens is 3. The molecule has 2 aromatic heterocycles. The van der Waals surface area contributed by atoms with Gasteiger partial charge in [-0.2, -0.15) is 4.98 Å². The number of carbonyl (C=O) groups is 2. The Labute approximate surface area is 139 Å². The summed E-state index contributed by atoms with van der Waals surface area (Å²) in [5.74, 6) is 0.0768. The van der Waals surface area contributed by atoms with E-state index < -0.39 is 0 Å². The van der Waals surface area contributed by atoms with Gasteiger partial charge in [0.1, 0.15) is 0 Å². The van der Waals surface area contributed by atoms with Gasteiger partial charge in [-0.15, -0.1) is 5.10 Å². The lowest BCUT2D eigenvalue weighted by Gasteiger charge is -2.35.